The highest BCUT2D eigenvalue weighted by molar-refractivity contribution is 9.10. The van der Waals surface area contributed by atoms with Gasteiger partial charge in [0, 0.05) is 12.1 Å². The summed E-state index contributed by atoms with van der Waals surface area (Å²) >= 11 is 3.61. The van der Waals surface area contributed by atoms with Crippen molar-refractivity contribution in [3.63, 3.8) is 0 Å². The van der Waals surface area contributed by atoms with Crippen molar-refractivity contribution in [2.75, 3.05) is 13.7 Å². The van der Waals surface area contributed by atoms with Crippen LogP contribution in [0.1, 0.15) is 36.0 Å². The van der Waals surface area contributed by atoms with Crippen LogP contribution >= 0.6 is 15.9 Å². The van der Waals surface area contributed by atoms with E-state index < -0.39 is 0 Å². The van der Waals surface area contributed by atoms with Crippen molar-refractivity contribution in [1.29, 1.82) is 0 Å². The van der Waals surface area contributed by atoms with E-state index in [9.17, 15) is 0 Å². The Morgan fingerprint density at radius 1 is 1.33 bits per heavy atom. The molecule has 0 aromatic heterocycles. The molecule has 0 saturated heterocycles. The number of halogens is 1. The van der Waals surface area contributed by atoms with Crippen LogP contribution in [0.15, 0.2) is 16.6 Å². The molecule has 2 rings (SSSR count). The second-order valence-corrected chi connectivity index (χ2v) is 5.50. The van der Waals surface area contributed by atoms with Gasteiger partial charge in [-0.05, 0) is 58.8 Å². The summed E-state index contributed by atoms with van der Waals surface area (Å²) < 4.78 is 6.58. The average Bonchev–Trinajstić information content (AvgIpc) is 2.60. The Kier molecular flexibility index (Phi) is 4.84. The number of aryl methyl sites for hydroxylation is 1. The quantitative estimate of drug-likeness (QED) is 0.864. The number of methoxy groups -OCH3 is 1. The molecule has 0 unspecified atom stereocenters. The lowest BCUT2D eigenvalue weighted by atomic mass is 9.96. The van der Waals surface area contributed by atoms with E-state index in [1.165, 1.54) is 42.4 Å². The average molecular weight is 310 g/mol. The topological polar surface area (TPSA) is 35.2 Å². The zero-order valence-corrected chi connectivity index (χ0v) is 12.4. The summed E-state index contributed by atoms with van der Waals surface area (Å²) in [5, 5.41) is 0. The Bertz CT molecular complexity index is 454. The van der Waals surface area contributed by atoms with Gasteiger partial charge in [-0.3, -0.25) is 0 Å². The van der Waals surface area contributed by atoms with Crippen molar-refractivity contribution in [3.8, 4) is 5.75 Å². The minimum absolute atomic E-state index is 0.560. The fourth-order valence-corrected chi connectivity index (χ4v) is 3.28. The third-order valence-electron chi connectivity index (χ3n) is 3.47. The first-order valence-electron chi connectivity index (χ1n) is 6.52. The van der Waals surface area contributed by atoms with Crippen LogP contribution in [0.2, 0.25) is 0 Å². The normalized spacial score (nSPS) is 15.5. The summed E-state index contributed by atoms with van der Waals surface area (Å²) in [5.41, 5.74) is 9.67. The molecule has 0 fully saturated rings. The molecule has 0 saturated carbocycles. The SMILES string of the molecule is COc1c(Br)cc2c(c1/C=C/CN)CCCCC2. The van der Waals surface area contributed by atoms with Crippen molar-refractivity contribution in [2.45, 2.75) is 32.1 Å². The van der Waals surface area contributed by atoms with Gasteiger partial charge >= 0.3 is 0 Å². The number of ether oxygens (including phenoxy) is 1. The van der Waals surface area contributed by atoms with Crippen LogP contribution < -0.4 is 10.5 Å². The highest BCUT2D eigenvalue weighted by Crippen LogP contribution is 2.37. The lowest BCUT2D eigenvalue weighted by Crippen LogP contribution is -2.00. The third kappa shape index (κ3) is 2.78. The summed E-state index contributed by atoms with van der Waals surface area (Å²) in [6.07, 6.45) is 10.3. The number of rotatable bonds is 3. The largest absolute Gasteiger partial charge is 0.495 e. The third-order valence-corrected chi connectivity index (χ3v) is 4.06. The van der Waals surface area contributed by atoms with Gasteiger partial charge in [0.25, 0.3) is 0 Å². The first kappa shape index (κ1) is 13.6. The van der Waals surface area contributed by atoms with Gasteiger partial charge in [-0.2, -0.15) is 0 Å². The van der Waals surface area contributed by atoms with E-state index in [1.54, 1.807) is 7.11 Å². The molecule has 0 aliphatic heterocycles. The molecule has 1 aliphatic rings. The van der Waals surface area contributed by atoms with Crippen LogP contribution in [0.5, 0.6) is 5.75 Å². The molecular weight excluding hydrogens is 290 g/mol. The summed E-state index contributed by atoms with van der Waals surface area (Å²) in [5.74, 6) is 0.931. The Balaban J connectivity index is 2.56. The second-order valence-electron chi connectivity index (χ2n) is 4.64. The molecule has 0 amide bonds. The van der Waals surface area contributed by atoms with Gasteiger partial charge in [-0.1, -0.05) is 18.6 Å². The Morgan fingerprint density at radius 2 is 2.11 bits per heavy atom. The first-order chi connectivity index (χ1) is 8.77. The van der Waals surface area contributed by atoms with Crippen molar-refractivity contribution >= 4 is 22.0 Å². The van der Waals surface area contributed by atoms with Gasteiger partial charge in [0.2, 0.25) is 0 Å². The number of benzene rings is 1. The molecule has 98 valence electrons. The lowest BCUT2D eigenvalue weighted by molar-refractivity contribution is 0.410. The fraction of sp³-hybridized carbons (Fsp3) is 0.467. The maximum absolute atomic E-state index is 5.57. The van der Waals surface area contributed by atoms with E-state index >= 15 is 0 Å². The molecule has 0 bridgehead atoms. The summed E-state index contributed by atoms with van der Waals surface area (Å²) in [4.78, 5) is 0. The Hall–Kier alpha value is -0.800. The summed E-state index contributed by atoms with van der Waals surface area (Å²) in [7, 11) is 1.73. The number of hydrogen-bond acceptors (Lipinski definition) is 2. The van der Waals surface area contributed by atoms with Gasteiger partial charge < -0.3 is 10.5 Å². The molecule has 1 aromatic rings. The van der Waals surface area contributed by atoms with E-state index in [4.69, 9.17) is 10.5 Å². The highest BCUT2D eigenvalue weighted by atomic mass is 79.9. The fourth-order valence-electron chi connectivity index (χ4n) is 2.63. The van der Waals surface area contributed by atoms with Gasteiger partial charge in [-0.25, -0.2) is 0 Å². The van der Waals surface area contributed by atoms with Crippen molar-refractivity contribution < 1.29 is 4.74 Å². The predicted octanol–water partition coefficient (Wildman–Crippen LogP) is 3.70. The van der Waals surface area contributed by atoms with Gasteiger partial charge in [0.05, 0.1) is 11.6 Å². The second kappa shape index (κ2) is 6.39. The van der Waals surface area contributed by atoms with Crippen LogP contribution in [0.3, 0.4) is 0 Å². The molecule has 0 heterocycles. The lowest BCUT2D eigenvalue weighted by Gasteiger charge is -2.16. The maximum Gasteiger partial charge on any atom is 0.140 e. The van der Waals surface area contributed by atoms with Crippen LogP contribution in [0, 0.1) is 0 Å². The van der Waals surface area contributed by atoms with Crippen LogP contribution in [-0.4, -0.2) is 13.7 Å². The summed E-state index contributed by atoms with van der Waals surface area (Å²) in [6.45, 7) is 0.560. The zero-order valence-electron chi connectivity index (χ0n) is 10.8. The number of hydrogen-bond donors (Lipinski definition) is 1. The van der Waals surface area contributed by atoms with Crippen molar-refractivity contribution in [1.82, 2.24) is 0 Å². The first-order valence-corrected chi connectivity index (χ1v) is 7.32. The molecule has 18 heavy (non-hydrogen) atoms. The summed E-state index contributed by atoms with van der Waals surface area (Å²) in [6, 6.07) is 2.22. The van der Waals surface area contributed by atoms with Crippen LogP contribution in [-0.2, 0) is 12.8 Å². The van der Waals surface area contributed by atoms with E-state index in [0.717, 1.165) is 16.6 Å². The number of nitrogens with two attached hydrogens (primary N) is 1. The van der Waals surface area contributed by atoms with Crippen LogP contribution in [0.4, 0.5) is 0 Å². The van der Waals surface area contributed by atoms with Crippen molar-refractivity contribution in [3.05, 3.63) is 33.3 Å². The Morgan fingerprint density at radius 3 is 2.83 bits per heavy atom. The molecule has 2 N–H and O–H groups in total. The monoisotopic (exact) mass is 309 g/mol. The maximum atomic E-state index is 5.57. The molecule has 0 atom stereocenters. The van der Waals surface area contributed by atoms with E-state index in [2.05, 4.69) is 28.1 Å². The van der Waals surface area contributed by atoms with Crippen molar-refractivity contribution in [2.24, 2.45) is 5.73 Å². The van der Waals surface area contributed by atoms with E-state index in [1.807, 2.05) is 6.08 Å². The molecule has 3 heteroatoms. The molecule has 0 radical (unpaired) electrons. The van der Waals surface area contributed by atoms with Gasteiger partial charge in [0.1, 0.15) is 5.75 Å². The van der Waals surface area contributed by atoms with Crippen LogP contribution in [0.25, 0.3) is 6.08 Å². The minimum Gasteiger partial charge on any atom is -0.495 e. The molecule has 1 aromatic carbocycles. The zero-order chi connectivity index (χ0) is 13.0. The van der Waals surface area contributed by atoms with Gasteiger partial charge in [-0.15, -0.1) is 0 Å². The molecule has 2 nitrogen and oxygen atoms in total. The molecular formula is C15H20BrNO. The smallest absolute Gasteiger partial charge is 0.140 e. The van der Waals surface area contributed by atoms with Gasteiger partial charge in [0.15, 0.2) is 0 Å². The predicted molar refractivity (Wildman–Crippen MR) is 80.0 cm³/mol. The standard InChI is InChI=1S/C15H20BrNO/c1-18-15-13(8-5-9-17)12-7-4-2-3-6-11(12)10-14(15)16/h5,8,10H,2-4,6-7,9,17H2,1H3/b8-5+. The Labute approximate surface area is 117 Å². The van der Waals surface area contributed by atoms with E-state index in [0.29, 0.717) is 6.54 Å². The molecule has 1 aliphatic carbocycles. The van der Waals surface area contributed by atoms with E-state index in [-0.39, 0.29) is 0 Å². The highest BCUT2D eigenvalue weighted by Gasteiger charge is 2.17. The molecule has 0 spiro atoms. The number of fused-ring (bicyclic) bond motifs is 1. The minimum atomic E-state index is 0.560.